The summed E-state index contributed by atoms with van der Waals surface area (Å²) in [6.45, 7) is 6.19. The Hall–Kier alpha value is -0.0800. The third-order valence-electron chi connectivity index (χ3n) is 3.04. The van der Waals surface area contributed by atoms with Gasteiger partial charge in [-0.3, -0.25) is 0 Å². The zero-order valence-corrected chi connectivity index (χ0v) is 8.27. The number of hydrogen-bond donors (Lipinski definition) is 2. The summed E-state index contributed by atoms with van der Waals surface area (Å²) in [5.41, 5.74) is -0.392. The van der Waals surface area contributed by atoms with Gasteiger partial charge in [0.15, 0.2) is 0 Å². The normalized spacial score (nSPS) is 30.0. The molecule has 1 saturated heterocycles. The van der Waals surface area contributed by atoms with Gasteiger partial charge in [-0.1, -0.05) is 26.7 Å². The van der Waals surface area contributed by atoms with E-state index in [-0.39, 0.29) is 0 Å². The second-order valence-corrected chi connectivity index (χ2v) is 4.04. The molecule has 1 atom stereocenters. The highest BCUT2D eigenvalue weighted by Gasteiger charge is 2.32. The van der Waals surface area contributed by atoms with Gasteiger partial charge in [-0.05, 0) is 25.3 Å². The van der Waals surface area contributed by atoms with Crippen LogP contribution in [0.4, 0.5) is 0 Å². The lowest BCUT2D eigenvalue weighted by atomic mass is 9.87. The van der Waals surface area contributed by atoms with Crippen molar-refractivity contribution in [2.45, 2.75) is 45.1 Å². The predicted molar refractivity (Wildman–Crippen MR) is 51.1 cm³/mol. The van der Waals surface area contributed by atoms with E-state index in [2.05, 4.69) is 19.2 Å². The molecule has 1 rings (SSSR count). The summed E-state index contributed by atoms with van der Waals surface area (Å²) in [5.74, 6) is 0.704. The lowest BCUT2D eigenvalue weighted by Gasteiger charge is -2.25. The fourth-order valence-electron chi connectivity index (χ4n) is 2.02. The molecule has 0 radical (unpaired) electrons. The first-order valence-electron chi connectivity index (χ1n) is 5.13. The van der Waals surface area contributed by atoms with Crippen LogP contribution in [0.3, 0.4) is 0 Å². The second-order valence-electron chi connectivity index (χ2n) is 4.04. The van der Waals surface area contributed by atoms with Gasteiger partial charge in [0.25, 0.3) is 0 Å². The molecule has 1 fully saturated rings. The van der Waals surface area contributed by atoms with Crippen LogP contribution in [0, 0.1) is 5.92 Å². The van der Waals surface area contributed by atoms with Crippen molar-refractivity contribution >= 4 is 0 Å². The third-order valence-corrected chi connectivity index (χ3v) is 3.04. The summed E-state index contributed by atoms with van der Waals surface area (Å²) in [7, 11) is 0. The molecular weight excluding hydrogens is 150 g/mol. The standard InChI is InChI=1S/C10H21NO/c1-3-9(4-2)7-10(12)5-6-11-8-10/h9,11-12H,3-8H2,1-2H3. The maximum Gasteiger partial charge on any atom is 0.0786 e. The van der Waals surface area contributed by atoms with E-state index >= 15 is 0 Å². The fraction of sp³-hybridized carbons (Fsp3) is 1.00. The highest BCUT2D eigenvalue weighted by molar-refractivity contribution is 4.89. The average molecular weight is 171 g/mol. The number of nitrogens with one attached hydrogen (secondary N) is 1. The monoisotopic (exact) mass is 171 g/mol. The molecule has 0 saturated carbocycles. The summed E-state index contributed by atoms with van der Waals surface area (Å²) >= 11 is 0. The number of hydrogen-bond acceptors (Lipinski definition) is 2. The van der Waals surface area contributed by atoms with E-state index in [0.29, 0.717) is 5.92 Å². The van der Waals surface area contributed by atoms with Crippen molar-refractivity contribution in [1.29, 1.82) is 0 Å². The Morgan fingerprint density at radius 1 is 1.42 bits per heavy atom. The smallest absolute Gasteiger partial charge is 0.0786 e. The largest absolute Gasteiger partial charge is 0.389 e. The minimum absolute atomic E-state index is 0.392. The molecule has 1 heterocycles. The molecular formula is C10H21NO. The van der Waals surface area contributed by atoms with Crippen molar-refractivity contribution in [3.63, 3.8) is 0 Å². The molecule has 0 aromatic heterocycles. The molecule has 1 aliphatic rings. The first kappa shape index (κ1) is 10.0. The lowest BCUT2D eigenvalue weighted by molar-refractivity contribution is 0.0337. The predicted octanol–water partition coefficient (Wildman–Crippen LogP) is 1.54. The molecule has 2 nitrogen and oxygen atoms in total. The van der Waals surface area contributed by atoms with Gasteiger partial charge >= 0.3 is 0 Å². The van der Waals surface area contributed by atoms with Gasteiger partial charge in [0, 0.05) is 6.54 Å². The van der Waals surface area contributed by atoms with Crippen LogP contribution in [0.15, 0.2) is 0 Å². The van der Waals surface area contributed by atoms with Crippen molar-refractivity contribution in [1.82, 2.24) is 5.32 Å². The molecule has 0 aliphatic carbocycles. The van der Waals surface area contributed by atoms with Gasteiger partial charge in [-0.15, -0.1) is 0 Å². The third kappa shape index (κ3) is 2.46. The van der Waals surface area contributed by atoms with Crippen LogP contribution in [-0.2, 0) is 0 Å². The van der Waals surface area contributed by atoms with Crippen LogP contribution in [0.1, 0.15) is 39.5 Å². The van der Waals surface area contributed by atoms with Gasteiger partial charge in [-0.2, -0.15) is 0 Å². The highest BCUT2D eigenvalue weighted by atomic mass is 16.3. The molecule has 0 aromatic rings. The number of aliphatic hydroxyl groups is 1. The maximum atomic E-state index is 10.1. The highest BCUT2D eigenvalue weighted by Crippen LogP contribution is 2.26. The Balaban J connectivity index is 2.36. The Morgan fingerprint density at radius 3 is 2.50 bits per heavy atom. The molecule has 2 heteroatoms. The van der Waals surface area contributed by atoms with Crippen molar-refractivity contribution in [2.75, 3.05) is 13.1 Å². The first-order valence-corrected chi connectivity index (χ1v) is 5.13. The Kier molecular flexibility index (Phi) is 3.53. The molecule has 2 N–H and O–H groups in total. The SMILES string of the molecule is CCC(CC)CC1(O)CCNC1. The van der Waals surface area contributed by atoms with E-state index < -0.39 is 5.60 Å². The molecule has 0 amide bonds. The molecule has 1 aliphatic heterocycles. The van der Waals surface area contributed by atoms with Crippen LogP contribution >= 0.6 is 0 Å². The number of rotatable bonds is 4. The van der Waals surface area contributed by atoms with E-state index in [4.69, 9.17) is 0 Å². The van der Waals surface area contributed by atoms with Crippen LogP contribution in [-0.4, -0.2) is 23.8 Å². The maximum absolute atomic E-state index is 10.1. The van der Waals surface area contributed by atoms with Gasteiger partial charge in [0.05, 0.1) is 5.60 Å². The fourth-order valence-corrected chi connectivity index (χ4v) is 2.02. The average Bonchev–Trinajstić information content (AvgIpc) is 2.48. The van der Waals surface area contributed by atoms with E-state index in [1.165, 1.54) is 12.8 Å². The van der Waals surface area contributed by atoms with E-state index in [9.17, 15) is 5.11 Å². The molecule has 0 aromatic carbocycles. The summed E-state index contributed by atoms with van der Waals surface area (Å²) in [6, 6.07) is 0. The lowest BCUT2D eigenvalue weighted by Crippen LogP contribution is -2.33. The zero-order valence-electron chi connectivity index (χ0n) is 8.27. The minimum atomic E-state index is -0.392. The van der Waals surface area contributed by atoms with Crippen molar-refractivity contribution < 1.29 is 5.11 Å². The first-order chi connectivity index (χ1) is 5.70. The van der Waals surface area contributed by atoms with E-state index in [1.807, 2.05) is 0 Å². The molecule has 72 valence electrons. The van der Waals surface area contributed by atoms with Crippen LogP contribution < -0.4 is 5.32 Å². The Labute approximate surface area is 75.4 Å². The number of β-amino-alcohol motifs (C(OH)–C–C–N with tert-alkyl or cyclic N) is 1. The van der Waals surface area contributed by atoms with Gasteiger partial charge in [0.1, 0.15) is 0 Å². The Morgan fingerprint density at radius 2 is 2.08 bits per heavy atom. The van der Waals surface area contributed by atoms with Crippen molar-refractivity contribution in [3.8, 4) is 0 Å². The van der Waals surface area contributed by atoms with Crippen molar-refractivity contribution in [2.24, 2.45) is 5.92 Å². The van der Waals surface area contributed by atoms with Gasteiger partial charge < -0.3 is 10.4 Å². The van der Waals surface area contributed by atoms with Gasteiger partial charge in [-0.25, -0.2) is 0 Å². The molecule has 0 bridgehead atoms. The summed E-state index contributed by atoms with van der Waals surface area (Å²) < 4.78 is 0. The summed E-state index contributed by atoms with van der Waals surface area (Å²) in [5, 5.41) is 13.3. The van der Waals surface area contributed by atoms with Crippen LogP contribution in [0.5, 0.6) is 0 Å². The molecule has 12 heavy (non-hydrogen) atoms. The minimum Gasteiger partial charge on any atom is -0.389 e. The van der Waals surface area contributed by atoms with Crippen LogP contribution in [0.25, 0.3) is 0 Å². The Bertz CT molecular complexity index is 126. The quantitative estimate of drug-likeness (QED) is 0.672. The zero-order chi connectivity index (χ0) is 9.03. The van der Waals surface area contributed by atoms with E-state index in [0.717, 1.165) is 25.9 Å². The second kappa shape index (κ2) is 4.24. The van der Waals surface area contributed by atoms with E-state index in [1.54, 1.807) is 0 Å². The topological polar surface area (TPSA) is 32.3 Å². The summed E-state index contributed by atoms with van der Waals surface area (Å²) in [6.07, 6.45) is 4.30. The summed E-state index contributed by atoms with van der Waals surface area (Å²) in [4.78, 5) is 0. The molecule has 1 unspecified atom stereocenters. The van der Waals surface area contributed by atoms with Gasteiger partial charge in [0.2, 0.25) is 0 Å². The van der Waals surface area contributed by atoms with Crippen molar-refractivity contribution in [3.05, 3.63) is 0 Å². The molecule has 0 spiro atoms. The van der Waals surface area contributed by atoms with Crippen LogP contribution in [0.2, 0.25) is 0 Å².